The molecule has 0 saturated carbocycles. The van der Waals surface area contributed by atoms with Crippen LogP contribution in [0.5, 0.6) is 0 Å². The highest BCUT2D eigenvalue weighted by Crippen LogP contribution is 2.13. The van der Waals surface area contributed by atoms with E-state index in [1.165, 1.54) is 25.8 Å². The molecule has 1 aliphatic rings. The average Bonchev–Trinajstić information content (AvgIpc) is 2.36. The van der Waals surface area contributed by atoms with Crippen LogP contribution in [0.4, 0.5) is 0 Å². The number of hydrogen-bond donors (Lipinski definition) is 1. The Morgan fingerprint density at radius 3 is 2.72 bits per heavy atom. The number of ether oxygens (including phenoxy) is 1. The van der Waals surface area contributed by atoms with Crippen LogP contribution in [0.1, 0.15) is 47.0 Å². The summed E-state index contributed by atoms with van der Waals surface area (Å²) in [5.41, 5.74) is 0. The van der Waals surface area contributed by atoms with E-state index < -0.39 is 0 Å². The van der Waals surface area contributed by atoms with Crippen LogP contribution in [-0.4, -0.2) is 49.8 Å². The molecule has 2 unspecified atom stereocenters. The monoisotopic (exact) mass is 256 g/mol. The van der Waals surface area contributed by atoms with E-state index in [2.05, 4.69) is 37.9 Å². The smallest absolute Gasteiger partial charge is 0.0593 e. The molecule has 108 valence electrons. The van der Waals surface area contributed by atoms with Gasteiger partial charge in [-0.3, -0.25) is 4.90 Å². The molecule has 0 amide bonds. The molecule has 0 bridgehead atoms. The second-order valence-corrected chi connectivity index (χ2v) is 5.92. The molecule has 1 heterocycles. The van der Waals surface area contributed by atoms with E-state index in [1.807, 2.05) is 0 Å². The summed E-state index contributed by atoms with van der Waals surface area (Å²) >= 11 is 0. The summed E-state index contributed by atoms with van der Waals surface area (Å²) in [7, 11) is 0. The third-order valence-corrected chi connectivity index (χ3v) is 3.70. The van der Waals surface area contributed by atoms with Gasteiger partial charge in [0, 0.05) is 38.3 Å². The van der Waals surface area contributed by atoms with Crippen molar-refractivity contribution in [1.82, 2.24) is 10.2 Å². The van der Waals surface area contributed by atoms with Crippen molar-refractivity contribution in [2.45, 2.75) is 59.0 Å². The quantitative estimate of drug-likeness (QED) is 0.675. The van der Waals surface area contributed by atoms with Crippen molar-refractivity contribution < 1.29 is 4.74 Å². The Kier molecular flexibility index (Phi) is 7.87. The molecule has 0 radical (unpaired) electrons. The van der Waals surface area contributed by atoms with Crippen LogP contribution < -0.4 is 5.32 Å². The van der Waals surface area contributed by atoms with E-state index in [0.29, 0.717) is 18.0 Å². The molecular formula is C15H32N2O. The molecule has 1 N–H and O–H groups in total. The Morgan fingerprint density at radius 2 is 2.11 bits per heavy atom. The lowest BCUT2D eigenvalue weighted by Crippen LogP contribution is -2.56. The van der Waals surface area contributed by atoms with Gasteiger partial charge in [-0.25, -0.2) is 0 Å². The van der Waals surface area contributed by atoms with Crippen LogP contribution in [0, 0.1) is 5.92 Å². The van der Waals surface area contributed by atoms with Crippen LogP contribution in [-0.2, 0) is 4.74 Å². The minimum Gasteiger partial charge on any atom is -0.380 e. The fourth-order valence-corrected chi connectivity index (χ4v) is 2.59. The van der Waals surface area contributed by atoms with Gasteiger partial charge >= 0.3 is 0 Å². The van der Waals surface area contributed by atoms with Gasteiger partial charge in [0.15, 0.2) is 0 Å². The summed E-state index contributed by atoms with van der Waals surface area (Å²) in [5.74, 6) is 0.642. The Hall–Kier alpha value is -0.120. The maximum Gasteiger partial charge on any atom is 0.0593 e. The van der Waals surface area contributed by atoms with Crippen LogP contribution in [0.2, 0.25) is 0 Å². The van der Waals surface area contributed by atoms with Crippen LogP contribution >= 0.6 is 0 Å². The maximum absolute atomic E-state index is 5.73. The number of nitrogens with zero attached hydrogens (tertiary/aromatic N) is 1. The second-order valence-electron chi connectivity index (χ2n) is 5.92. The molecule has 0 aromatic carbocycles. The van der Waals surface area contributed by atoms with Crippen molar-refractivity contribution in [1.29, 1.82) is 0 Å². The average molecular weight is 256 g/mol. The summed E-state index contributed by atoms with van der Waals surface area (Å²) in [4.78, 5) is 2.63. The van der Waals surface area contributed by atoms with Gasteiger partial charge in [-0.05, 0) is 18.8 Å². The Bertz CT molecular complexity index is 209. The third kappa shape index (κ3) is 5.68. The van der Waals surface area contributed by atoms with Crippen molar-refractivity contribution in [2.24, 2.45) is 5.92 Å². The molecule has 2 atom stereocenters. The molecule has 0 aromatic heterocycles. The fraction of sp³-hybridized carbons (Fsp3) is 1.00. The molecule has 0 spiro atoms. The molecule has 1 fully saturated rings. The van der Waals surface area contributed by atoms with Crippen molar-refractivity contribution in [3.05, 3.63) is 0 Å². The molecule has 18 heavy (non-hydrogen) atoms. The molecule has 0 aromatic rings. The highest BCUT2D eigenvalue weighted by Gasteiger charge is 2.25. The van der Waals surface area contributed by atoms with E-state index in [0.717, 1.165) is 26.3 Å². The summed E-state index contributed by atoms with van der Waals surface area (Å²) in [6.07, 6.45) is 3.79. The van der Waals surface area contributed by atoms with Crippen LogP contribution in [0.25, 0.3) is 0 Å². The van der Waals surface area contributed by atoms with Gasteiger partial charge in [-0.15, -0.1) is 0 Å². The Labute approximate surface area is 113 Å². The second kappa shape index (κ2) is 8.89. The first-order chi connectivity index (χ1) is 8.67. The Balaban J connectivity index is 2.31. The van der Waals surface area contributed by atoms with E-state index >= 15 is 0 Å². The first-order valence-electron chi connectivity index (χ1n) is 7.72. The van der Waals surface area contributed by atoms with E-state index in [4.69, 9.17) is 4.74 Å². The zero-order valence-corrected chi connectivity index (χ0v) is 12.7. The molecule has 0 aliphatic carbocycles. The SMILES string of the molecule is CCCC1CNC(CC)CN1CCOCC(C)C. The predicted octanol–water partition coefficient (Wildman–Crippen LogP) is 2.51. The molecule has 1 aliphatic heterocycles. The summed E-state index contributed by atoms with van der Waals surface area (Å²) in [6, 6.07) is 1.38. The van der Waals surface area contributed by atoms with Gasteiger partial charge in [0.1, 0.15) is 0 Å². The zero-order chi connectivity index (χ0) is 13.4. The molecule has 1 saturated heterocycles. The van der Waals surface area contributed by atoms with Gasteiger partial charge in [0.05, 0.1) is 6.61 Å². The van der Waals surface area contributed by atoms with Crippen molar-refractivity contribution in [3.8, 4) is 0 Å². The van der Waals surface area contributed by atoms with Gasteiger partial charge in [0.25, 0.3) is 0 Å². The third-order valence-electron chi connectivity index (χ3n) is 3.70. The summed E-state index contributed by atoms with van der Waals surface area (Å²) in [6.45, 7) is 14.2. The molecular weight excluding hydrogens is 224 g/mol. The molecule has 3 nitrogen and oxygen atoms in total. The number of rotatable bonds is 8. The summed E-state index contributed by atoms with van der Waals surface area (Å²) in [5, 5.41) is 3.66. The number of hydrogen-bond acceptors (Lipinski definition) is 3. The zero-order valence-electron chi connectivity index (χ0n) is 12.7. The first kappa shape index (κ1) is 15.9. The van der Waals surface area contributed by atoms with Crippen molar-refractivity contribution >= 4 is 0 Å². The highest BCUT2D eigenvalue weighted by atomic mass is 16.5. The molecule has 1 rings (SSSR count). The fourth-order valence-electron chi connectivity index (χ4n) is 2.59. The Morgan fingerprint density at radius 1 is 1.33 bits per heavy atom. The van der Waals surface area contributed by atoms with Crippen LogP contribution in [0.3, 0.4) is 0 Å². The lowest BCUT2D eigenvalue weighted by molar-refractivity contribution is 0.0522. The van der Waals surface area contributed by atoms with Gasteiger partial charge in [-0.2, -0.15) is 0 Å². The normalized spacial score (nSPS) is 25.8. The minimum absolute atomic E-state index is 0.642. The maximum atomic E-state index is 5.73. The number of nitrogens with one attached hydrogen (secondary N) is 1. The van der Waals surface area contributed by atoms with Gasteiger partial charge < -0.3 is 10.1 Å². The molecule has 3 heteroatoms. The standard InChI is InChI=1S/C15H32N2O/c1-5-7-15-10-16-14(6-2)11-17(15)8-9-18-12-13(3)4/h13-16H,5-12H2,1-4H3. The first-order valence-corrected chi connectivity index (χ1v) is 7.72. The van der Waals surface area contributed by atoms with Gasteiger partial charge in [-0.1, -0.05) is 34.1 Å². The minimum atomic E-state index is 0.642. The van der Waals surface area contributed by atoms with Crippen molar-refractivity contribution in [2.75, 3.05) is 32.8 Å². The highest BCUT2D eigenvalue weighted by molar-refractivity contribution is 4.85. The lowest BCUT2D eigenvalue weighted by atomic mass is 10.0. The van der Waals surface area contributed by atoms with Gasteiger partial charge in [0.2, 0.25) is 0 Å². The van der Waals surface area contributed by atoms with E-state index in [-0.39, 0.29) is 0 Å². The number of piperazine rings is 1. The summed E-state index contributed by atoms with van der Waals surface area (Å²) < 4.78 is 5.73. The van der Waals surface area contributed by atoms with E-state index in [1.54, 1.807) is 0 Å². The van der Waals surface area contributed by atoms with Crippen molar-refractivity contribution in [3.63, 3.8) is 0 Å². The predicted molar refractivity (Wildman–Crippen MR) is 78.0 cm³/mol. The topological polar surface area (TPSA) is 24.5 Å². The van der Waals surface area contributed by atoms with Crippen LogP contribution in [0.15, 0.2) is 0 Å². The van der Waals surface area contributed by atoms with E-state index in [9.17, 15) is 0 Å². The largest absolute Gasteiger partial charge is 0.380 e. The lowest BCUT2D eigenvalue weighted by Gasteiger charge is -2.40.